The van der Waals surface area contributed by atoms with E-state index < -0.39 is 50.7 Å². The summed E-state index contributed by atoms with van der Waals surface area (Å²) in [5.74, 6) is 0. The van der Waals surface area contributed by atoms with Crippen molar-refractivity contribution in [2.45, 2.75) is 14.7 Å². The van der Waals surface area contributed by atoms with Gasteiger partial charge in [0.2, 0.25) is 0 Å². The minimum Gasteiger partial charge on any atom is -0.396 e. The molecule has 4 aromatic carbocycles. The van der Waals surface area contributed by atoms with Gasteiger partial charge in [0.25, 0.3) is 30.4 Å². The van der Waals surface area contributed by atoms with Crippen LogP contribution >= 0.6 is 0 Å². The molecule has 182 valence electrons. The van der Waals surface area contributed by atoms with Gasteiger partial charge < -0.3 is 5.73 Å². The van der Waals surface area contributed by atoms with Gasteiger partial charge in [-0.1, -0.05) is 36.4 Å². The number of hydrogen-bond donors (Lipinski definition) is 4. The van der Waals surface area contributed by atoms with Crippen molar-refractivity contribution in [2.24, 2.45) is 10.2 Å². The molecule has 0 aliphatic rings. The number of rotatable bonds is 5. The standard InChI is InChI=1S/C20H15N3O9S3/c21-18-14-7-6-13(33(24,25)26)9-12(14)10-17(34(27,28)29)19(18)23-22-16-8-5-11-3-1-2-4-15(11)20(16)35(30,31)32/h1-10H,21H2,(H,24,25,26)(H,27,28,29)(H,30,31,32). The lowest BCUT2D eigenvalue weighted by Crippen LogP contribution is -2.03. The van der Waals surface area contributed by atoms with Gasteiger partial charge in [-0.05, 0) is 35.0 Å². The minimum atomic E-state index is -4.99. The van der Waals surface area contributed by atoms with Crippen molar-refractivity contribution in [1.82, 2.24) is 0 Å². The van der Waals surface area contributed by atoms with Crippen molar-refractivity contribution >= 4 is 69.0 Å². The highest BCUT2D eigenvalue weighted by molar-refractivity contribution is 7.86. The Morgan fingerprint density at radius 1 is 0.657 bits per heavy atom. The average Bonchev–Trinajstić information content (AvgIpc) is 2.75. The molecule has 0 fully saturated rings. The fraction of sp³-hybridized carbons (Fsp3) is 0. The number of anilines is 1. The summed E-state index contributed by atoms with van der Waals surface area (Å²) in [5, 5.41) is 8.19. The molecule has 5 N–H and O–H groups in total. The number of fused-ring (bicyclic) bond motifs is 2. The Morgan fingerprint density at radius 3 is 1.97 bits per heavy atom. The summed E-state index contributed by atoms with van der Waals surface area (Å²) in [5.41, 5.74) is 4.81. The van der Waals surface area contributed by atoms with Gasteiger partial charge in [0, 0.05) is 10.8 Å². The first-order valence-corrected chi connectivity index (χ1v) is 13.7. The van der Waals surface area contributed by atoms with E-state index in [0.29, 0.717) is 5.39 Å². The first-order valence-electron chi connectivity index (χ1n) is 9.40. The molecule has 0 saturated carbocycles. The normalized spacial score (nSPS) is 13.1. The lowest BCUT2D eigenvalue weighted by Gasteiger charge is -2.11. The zero-order valence-electron chi connectivity index (χ0n) is 17.3. The summed E-state index contributed by atoms with van der Waals surface area (Å²) in [4.78, 5) is -1.98. The molecule has 0 aromatic heterocycles. The molecule has 0 radical (unpaired) electrons. The zero-order valence-corrected chi connectivity index (χ0v) is 19.7. The van der Waals surface area contributed by atoms with Crippen molar-refractivity contribution in [3.05, 3.63) is 60.7 Å². The summed E-state index contributed by atoms with van der Waals surface area (Å²) in [6, 6.07) is 13.0. The minimum absolute atomic E-state index is 0.0615. The van der Waals surface area contributed by atoms with Crippen molar-refractivity contribution in [1.29, 1.82) is 0 Å². The summed E-state index contributed by atoms with van der Waals surface area (Å²) < 4.78 is 99.8. The smallest absolute Gasteiger partial charge is 0.297 e. The largest absolute Gasteiger partial charge is 0.396 e. The van der Waals surface area contributed by atoms with E-state index in [4.69, 9.17) is 5.73 Å². The third kappa shape index (κ3) is 4.72. The Morgan fingerprint density at radius 2 is 1.34 bits per heavy atom. The van der Waals surface area contributed by atoms with Crippen LogP contribution < -0.4 is 5.73 Å². The third-order valence-electron chi connectivity index (χ3n) is 5.04. The Kier molecular flexibility index (Phi) is 5.87. The maximum absolute atomic E-state index is 12.1. The van der Waals surface area contributed by atoms with Crippen LogP contribution in [-0.4, -0.2) is 38.9 Å². The van der Waals surface area contributed by atoms with E-state index in [-0.39, 0.29) is 27.5 Å². The van der Waals surface area contributed by atoms with Gasteiger partial charge in [0.05, 0.1) is 10.6 Å². The molecule has 15 heteroatoms. The number of azo groups is 1. The number of hydrogen-bond acceptors (Lipinski definition) is 9. The topological polar surface area (TPSA) is 214 Å². The Balaban J connectivity index is 2.00. The zero-order chi connectivity index (χ0) is 25.8. The van der Waals surface area contributed by atoms with E-state index in [1.807, 2.05) is 0 Å². The van der Waals surface area contributed by atoms with E-state index in [9.17, 15) is 38.9 Å². The number of nitrogens with zero attached hydrogens (tertiary/aromatic N) is 2. The van der Waals surface area contributed by atoms with Gasteiger partial charge in [0.1, 0.15) is 21.2 Å². The molecule has 4 rings (SSSR count). The molecule has 0 spiro atoms. The van der Waals surface area contributed by atoms with E-state index in [1.165, 1.54) is 30.3 Å². The highest BCUT2D eigenvalue weighted by atomic mass is 32.2. The monoisotopic (exact) mass is 537 g/mol. The predicted octanol–water partition coefficient (Wildman–Crippen LogP) is 3.73. The highest BCUT2D eigenvalue weighted by Gasteiger charge is 2.23. The quantitative estimate of drug-likeness (QED) is 0.164. The molecule has 0 aliphatic heterocycles. The van der Waals surface area contributed by atoms with Gasteiger partial charge in [0.15, 0.2) is 0 Å². The number of benzene rings is 4. The molecule has 0 unspecified atom stereocenters. The fourth-order valence-electron chi connectivity index (χ4n) is 3.52. The second-order valence-corrected chi connectivity index (χ2v) is 11.4. The van der Waals surface area contributed by atoms with Crippen LogP contribution in [0.3, 0.4) is 0 Å². The van der Waals surface area contributed by atoms with Crippen LogP contribution in [0, 0.1) is 0 Å². The lowest BCUT2D eigenvalue weighted by molar-refractivity contribution is 0.481. The maximum Gasteiger partial charge on any atom is 0.297 e. The van der Waals surface area contributed by atoms with Crippen LogP contribution in [0.25, 0.3) is 21.5 Å². The van der Waals surface area contributed by atoms with Crippen LogP contribution in [0.5, 0.6) is 0 Å². The highest BCUT2D eigenvalue weighted by Crippen LogP contribution is 2.40. The first-order chi connectivity index (χ1) is 16.2. The summed E-state index contributed by atoms with van der Waals surface area (Å²) in [6.45, 7) is 0. The first kappa shape index (κ1) is 24.6. The van der Waals surface area contributed by atoms with Gasteiger partial charge in [-0.2, -0.15) is 25.3 Å². The summed E-state index contributed by atoms with van der Waals surface area (Å²) in [7, 11) is -14.4. The molecule has 12 nitrogen and oxygen atoms in total. The van der Waals surface area contributed by atoms with Crippen LogP contribution in [-0.2, 0) is 30.4 Å². The lowest BCUT2D eigenvalue weighted by atomic mass is 10.1. The molecular weight excluding hydrogens is 522 g/mol. The third-order valence-corrected chi connectivity index (χ3v) is 7.70. The molecular formula is C20H15N3O9S3. The van der Waals surface area contributed by atoms with Crippen LogP contribution in [0.15, 0.2) is 85.6 Å². The van der Waals surface area contributed by atoms with Gasteiger partial charge >= 0.3 is 0 Å². The number of nitrogens with two attached hydrogens (primary N) is 1. The summed E-state index contributed by atoms with van der Waals surface area (Å²) >= 11 is 0. The Hall–Kier alpha value is -3.47. The fourth-order valence-corrected chi connectivity index (χ4v) is 5.54. The van der Waals surface area contributed by atoms with Crippen molar-refractivity contribution in [2.75, 3.05) is 5.73 Å². The SMILES string of the molecule is Nc1c(N=Nc2ccc3ccccc3c2S(=O)(=O)O)c(S(=O)(=O)O)cc2cc(S(=O)(=O)O)ccc12. The molecule has 0 atom stereocenters. The van der Waals surface area contributed by atoms with Crippen LogP contribution in [0.1, 0.15) is 0 Å². The van der Waals surface area contributed by atoms with Crippen molar-refractivity contribution in [3.63, 3.8) is 0 Å². The Labute approximate surface area is 199 Å². The van der Waals surface area contributed by atoms with Crippen molar-refractivity contribution < 1.29 is 38.9 Å². The molecule has 35 heavy (non-hydrogen) atoms. The van der Waals surface area contributed by atoms with Gasteiger partial charge in [-0.3, -0.25) is 13.7 Å². The van der Waals surface area contributed by atoms with E-state index in [2.05, 4.69) is 10.2 Å². The van der Waals surface area contributed by atoms with Crippen molar-refractivity contribution in [3.8, 4) is 0 Å². The molecule has 0 aliphatic carbocycles. The summed E-state index contributed by atoms with van der Waals surface area (Å²) in [6.07, 6.45) is 0. The second-order valence-electron chi connectivity index (χ2n) is 7.28. The molecule has 0 amide bonds. The molecule has 4 aromatic rings. The van der Waals surface area contributed by atoms with Crippen LogP contribution in [0.4, 0.5) is 17.1 Å². The van der Waals surface area contributed by atoms with Gasteiger partial charge in [-0.15, -0.1) is 10.2 Å². The predicted molar refractivity (Wildman–Crippen MR) is 126 cm³/mol. The molecule has 0 bridgehead atoms. The average molecular weight is 538 g/mol. The van der Waals surface area contributed by atoms with Gasteiger partial charge in [-0.25, -0.2) is 0 Å². The van der Waals surface area contributed by atoms with E-state index in [0.717, 1.165) is 18.2 Å². The van der Waals surface area contributed by atoms with E-state index in [1.54, 1.807) is 12.1 Å². The maximum atomic E-state index is 12.1. The number of nitrogen functional groups attached to an aromatic ring is 1. The molecule has 0 heterocycles. The molecule has 0 saturated heterocycles. The van der Waals surface area contributed by atoms with E-state index >= 15 is 0 Å². The van der Waals surface area contributed by atoms with Crippen LogP contribution in [0.2, 0.25) is 0 Å². The Bertz CT molecular complexity index is 1880. The second kappa shape index (κ2) is 8.33.